The monoisotopic (exact) mass is 407 g/mol. The van der Waals surface area contributed by atoms with E-state index in [0.717, 1.165) is 41.3 Å². The van der Waals surface area contributed by atoms with Crippen molar-refractivity contribution in [2.24, 2.45) is 5.92 Å². The van der Waals surface area contributed by atoms with E-state index in [0.29, 0.717) is 26.1 Å². The highest BCUT2D eigenvalue weighted by molar-refractivity contribution is 6.01. The zero-order valence-corrected chi connectivity index (χ0v) is 17.9. The fourth-order valence-electron chi connectivity index (χ4n) is 4.38. The standard InChI is InChI=1S/C24H29N3O3/c1-17-6-4-9-22(18(17)2)27-16-19(14-23(27)28)24(29)26-12-10-25(11-13-26)20-7-5-8-21(15-20)30-3/h4-9,15,19H,10-14,16H2,1-3H3. The molecule has 2 aliphatic heterocycles. The number of nitrogens with zero attached hydrogens (tertiary/aromatic N) is 3. The van der Waals surface area contributed by atoms with E-state index in [4.69, 9.17) is 4.74 Å². The first-order valence-electron chi connectivity index (χ1n) is 10.5. The second kappa shape index (κ2) is 8.38. The number of carbonyl (C=O) groups is 2. The van der Waals surface area contributed by atoms with Gasteiger partial charge in [0.15, 0.2) is 0 Å². The molecule has 0 saturated carbocycles. The molecule has 6 heteroatoms. The summed E-state index contributed by atoms with van der Waals surface area (Å²) >= 11 is 0. The van der Waals surface area contributed by atoms with Crippen molar-refractivity contribution in [3.63, 3.8) is 0 Å². The van der Waals surface area contributed by atoms with Crippen molar-refractivity contribution >= 4 is 23.2 Å². The van der Waals surface area contributed by atoms with Gasteiger partial charge in [-0.15, -0.1) is 0 Å². The van der Waals surface area contributed by atoms with Gasteiger partial charge in [0.1, 0.15) is 5.75 Å². The van der Waals surface area contributed by atoms with Crippen LogP contribution in [0.1, 0.15) is 17.5 Å². The molecule has 0 spiro atoms. The van der Waals surface area contributed by atoms with Gasteiger partial charge in [-0.1, -0.05) is 18.2 Å². The van der Waals surface area contributed by atoms with Gasteiger partial charge in [-0.25, -0.2) is 0 Å². The first-order valence-corrected chi connectivity index (χ1v) is 10.5. The number of piperazine rings is 1. The number of hydrogen-bond donors (Lipinski definition) is 0. The zero-order chi connectivity index (χ0) is 21.3. The van der Waals surface area contributed by atoms with Crippen molar-refractivity contribution in [3.05, 3.63) is 53.6 Å². The largest absolute Gasteiger partial charge is 0.497 e. The number of ether oxygens (including phenoxy) is 1. The summed E-state index contributed by atoms with van der Waals surface area (Å²) < 4.78 is 5.32. The average Bonchev–Trinajstić information content (AvgIpc) is 3.16. The minimum Gasteiger partial charge on any atom is -0.497 e. The van der Waals surface area contributed by atoms with Crippen LogP contribution in [0.3, 0.4) is 0 Å². The summed E-state index contributed by atoms with van der Waals surface area (Å²) in [6.07, 6.45) is 0.294. The van der Waals surface area contributed by atoms with Crippen LogP contribution in [0.4, 0.5) is 11.4 Å². The van der Waals surface area contributed by atoms with Gasteiger partial charge in [-0.2, -0.15) is 0 Å². The molecule has 2 aromatic carbocycles. The molecular weight excluding hydrogens is 378 g/mol. The second-order valence-electron chi connectivity index (χ2n) is 8.14. The van der Waals surface area contributed by atoms with Gasteiger partial charge >= 0.3 is 0 Å². The molecule has 2 heterocycles. The van der Waals surface area contributed by atoms with Crippen molar-refractivity contribution in [1.29, 1.82) is 0 Å². The summed E-state index contributed by atoms with van der Waals surface area (Å²) in [6, 6.07) is 14.0. The van der Waals surface area contributed by atoms with Crippen molar-refractivity contribution in [1.82, 2.24) is 4.90 Å². The van der Waals surface area contributed by atoms with E-state index in [1.807, 2.05) is 55.1 Å². The van der Waals surface area contributed by atoms with E-state index in [1.54, 1.807) is 12.0 Å². The summed E-state index contributed by atoms with van der Waals surface area (Å²) in [5, 5.41) is 0. The van der Waals surface area contributed by atoms with Gasteiger partial charge in [0.05, 0.1) is 13.0 Å². The summed E-state index contributed by atoms with van der Waals surface area (Å²) in [5.74, 6) is 0.710. The highest BCUT2D eigenvalue weighted by atomic mass is 16.5. The van der Waals surface area contributed by atoms with Crippen molar-refractivity contribution < 1.29 is 14.3 Å². The van der Waals surface area contributed by atoms with Gasteiger partial charge < -0.3 is 19.4 Å². The highest BCUT2D eigenvalue weighted by Gasteiger charge is 2.38. The fraction of sp³-hybridized carbons (Fsp3) is 0.417. The lowest BCUT2D eigenvalue weighted by Crippen LogP contribution is -2.50. The van der Waals surface area contributed by atoms with Crippen LogP contribution in [0.25, 0.3) is 0 Å². The van der Waals surface area contributed by atoms with Crippen LogP contribution in [-0.2, 0) is 9.59 Å². The molecule has 158 valence electrons. The molecule has 0 N–H and O–H groups in total. The lowest BCUT2D eigenvalue weighted by Gasteiger charge is -2.37. The van der Waals surface area contributed by atoms with Crippen LogP contribution in [0, 0.1) is 19.8 Å². The van der Waals surface area contributed by atoms with Gasteiger partial charge in [0.25, 0.3) is 0 Å². The molecule has 0 bridgehead atoms. The normalized spacial score (nSPS) is 19.4. The molecule has 1 unspecified atom stereocenters. The Kier molecular flexibility index (Phi) is 5.66. The molecule has 30 heavy (non-hydrogen) atoms. The first-order chi connectivity index (χ1) is 14.5. The fourth-order valence-corrected chi connectivity index (χ4v) is 4.38. The molecule has 6 nitrogen and oxygen atoms in total. The number of aryl methyl sites for hydroxylation is 1. The van der Waals surface area contributed by atoms with Gasteiger partial charge in [-0.05, 0) is 43.2 Å². The summed E-state index contributed by atoms with van der Waals surface area (Å²) in [7, 11) is 1.67. The number of methoxy groups -OCH3 is 1. The molecule has 2 fully saturated rings. The Morgan fingerprint density at radius 2 is 1.77 bits per heavy atom. The number of hydrogen-bond acceptors (Lipinski definition) is 4. The summed E-state index contributed by atoms with van der Waals surface area (Å²) in [4.78, 5) is 31.8. The quantitative estimate of drug-likeness (QED) is 0.782. The number of amides is 2. The van der Waals surface area contributed by atoms with E-state index in [9.17, 15) is 9.59 Å². The number of carbonyl (C=O) groups excluding carboxylic acids is 2. The summed E-state index contributed by atoms with van der Waals surface area (Å²) in [5.41, 5.74) is 4.30. The third kappa shape index (κ3) is 3.86. The lowest BCUT2D eigenvalue weighted by atomic mass is 10.1. The van der Waals surface area contributed by atoms with E-state index in [1.165, 1.54) is 0 Å². The first kappa shape index (κ1) is 20.3. The van der Waals surface area contributed by atoms with E-state index < -0.39 is 0 Å². The molecule has 2 aromatic rings. The Morgan fingerprint density at radius 1 is 1.03 bits per heavy atom. The minimum atomic E-state index is -0.263. The van der Waals surface area contributed by atoms with Crippen molar-refractivity contribution in [3.8, 4) is 5.75 Å². The van der Waals surface area contributed by atoms with Crippen LogP contribution < -0.4 is 14.5 Å². The van der Waals surface area contributed by atoms with Crippen molar-refractivity contribution in [2.45, 2.75) is 20.3 Å². The Hall–Kier alpha value is -3.02. The van der Waals surface area contributed by atoms with E-state index in [-0.39, 0.29) is 17.7 Å². The number of rotatable bonds is 4. The Balaban J connectivity index is 1.39. The maximum Gasteiger partial charge on any atom is 0.228 e. The predicted octanol–water partition coefficient (Wildman–Crippen LogP) is 3.01. The topological polar surface area (TPSA) is 53.1 Å². The molecule has 2 amide bonds. The molecular formula is C24H29N3O3. The number of benzene rings is 2. The van der Waals surface area contributed by atoms with Gasteiger partial charge in [0, 0.05) is 56.6 Å². The molecule has 2 aliphatic rings. The molecule has 2 saturated heterocycles. The Bertz CT molecular complexity index is 950. The zero-order valence-electron chi connectivity index (χ0n) is 17.9. The molecule has 4 rings (SSSR count). The van der Waals surface area contributed by atoms with Crippen LogP contribution in [-0.4, -0.2) is 56.5 Å². The average molecular weight is 408 g/mol. The van der Waals surface area contributed by atoms with Crippen LogP contribution in [0.15, 0.2) is 42.5 Å². The highest BCUT2D eigenvalue weighted by Crippen LogP contribution is 2.30. The molecule has 1 atom stereocenters. The predicted molar refractivity (Wildman–Crippen MR) is 118 cm³/mol. The maximum atomic E-state index is 13.1. The summed E-state index contributed by atoms with van der Waals surface area (Å²) in [6.45, 7) is 7.45. The SMILES string of the molecule is COc1cccc(N2CCN(C(=O)C3CC(=O)N(c4cccc(C)c4C)C3)CC2)c1. The van der Waals surface area contributed by atoms with E-state index in [2.05, 4.69) is 11.0 Å². The van der Waals surface area contributed by atoms with Crippen LogP contribution >= 0.6 is 0 Å². The minimum absolute atomic E-state index is 0.0390. The van der Waals surface area contributed by atoms with E-state index >= 15 is 0 Å². The smallest absolute Gasteiger partial charge is 0.228 e. The Morgan fingerprint density at radius 3 is 2.50 bits per heavy atom. The van der Waals surface area contributed by atoms with Gasteiger partial charge in [-0.3, -0.25) is 9.59 Å². The molecule has 0 radical (unpaired) electrons. The van der Waals surface area contributed by atoms with Crippen LogP contribution in [0.2, 0.25) is 0 Å². The third-order valence-electron chi connectivity index (χ3n) is 6.35. The molecule has 0 aromatic heterocycles. The van der Waals surface area contributed by atoms with Gasteiger partial charge in [0.2, 0.25) is 11.8 Å². The lowest BCUT2D eigenvalue weighted by molar-refractivity contribution is -0.136. The third-order valence-corrected chi connectivity index (χ3v) is 6.35. The molecule has 0 aliphatic carbocycles. The van der Waals surface area contributed by atoms with Crippen LogP contribution in [0.5, 0.6) is 5.75 Å². The second-order valence-corrected chi connectivity index (χ2v) is 8.14. The Labute approximate surface area is 178 Å². The maximum absolute atomic E-state index is 13.1. The van der Waals surface area contributed by atoms with Crippen molar-refractivity contribution in [2.75, 3.05) is 49.6 Å². The number of anilines is 2.